The normalized spacial score (nSPS) is 13.9. The highest BCUT2D eigenvalue weighted by molar-refractivity contribution is 5.75. The molecule has 0 fully saturated rings. The number of aliphatic hydroxyl groups excluding tert-OH is 2. The topological polar surface area (TPSA) is 110 Å². The first-order chi connectivity index (χ1) is 8.82. The number of benzene rings is 1. The Kier molecular flexibility index (Phi) is 4.96. The molecule has 2 atom stereocenters. The fourth-order valence-corrected chi connectivity index (χ4v) is 1.41. The Balaban J connectivity index is 2.79. The predicted molar refractivity (Wildman–Crippen MR) is 65.3 cm³/mol. The van der Waals surface area contributed by atoms with Crippen molar-refractivity contribution in [1.29, 1.82) is 0 Å². The van der Waals surface area contributed by atoms with Crippen molar-refractivity contribution in [3.05, 3.63) is 39.9 Å². The number of esters is 1. The van der Waals surface area contributed by atoms with Gasteiger partial charge in [-0.05, 0) is 31.5 Å². The molecule has 0 radical (unpaired) electrons. The van der Waals surface area contributed by atoms with Gasteiger partial charge in [-0.3, -0.25) is 10.1 Å². The number of hydrogen-bond acceptors (Lipinski definition) is 6. The van der Waals surface area contributed by atoms with Gasteiger partial charge in [-0.1, -0.05) is 0 Å². The zero-order valence-corrected chi connectivity index (χ0v) is 10.5. The Morgan fingerprint density at radius 1 is 1.26 bits per heavy atom. The summed E-state index contributed by atoms with van der Waals surface area (Å²) in [7, 11) is 0. The molecule has 19 heavy (non-hydrogen) atoms. The van der Waals surface area contributed by atoms with Crippen LogP contribution in [-0.2, 0) is 9.53 Å². The minimum absolute atomic E-state index is 0.143. The van der Waals surface area contributed by atoms with Crippen LogP contribution >= 0.6 is 0 Å². The number of ether oxygens (including phenoxy) is 1. The maximum atomic E-state index is 11.4. The Hall–Kier alpha value is -1.99. The molecule has 1 rings (SSSR count). The summed E-state index contributed by atoms with van der Waals surface area (Å²) in [4.78, 5) is 21.3. The molecule has 0 aliphatic heterocycles. The molecular formula is C12H15NO6. The van der Waals surface area contributed by atoms with Crippen LogP contribution in [0.3, 0.4) is 0 Å². The SMILES string of the molecule is CC(C)OC(=O)[C@H](O)[C@@H](O)c1ccc([N+](=O)[O-])cc1. The molecule has 0 saturated carbocycles. The number of hydrogen-bond donors (Lipinski definition) is 2. The first kappa shape index (κ1) is 15.1. The molecule has 0 heterocycles. The van der Waals surface area contributed by atoms with Crippen molar-refractivity contribution >= 4 is 11.7 Å². The maximum Gasteiger partial charge on any atom is 0.338 e. The number of nitro groups is 1. The van der Waals surface area contributed by atoms with Crippen molar-refractivity contribution < 1.29 is 24.7 Å². The number of rotatable bonds is 5. The van der Waals surface area contributed by atoms with Crippen LogP contribution in [0.1, 0.15) is 25.5 Å². The number of non-ortho nitro benzene ring substituents is 1. The largest absolute Gasteiger partial charge is 0.461 e. The summed E-state index contributed by atoms with van der Waals surface area (Å²) in [5.41, 5.74) is 0.0500. The van der Waals surface area contributed by atoms with E-state index >= 15 is 0 Å². The van der Waals surface area contributed by atoms with Crippen LogP contribution < -0.4 is 0 Å². The summed E-state index contributed by atoms with van der Waals surface area (Å²) < 4.78 is 4.76. The van der Waals surface area contributed by atoms with Gasteiger partial charge in [0.2, 0.25) is 0 Å². The first-order valence-electron chi connectivity index (χ1n) is 5.64. The number of carbonyl (C=O) groups is 1. The van der Waals surface area contributed by atoms with Crippen LogP contribution in [-0.4, -0.2) is 33.3 Å². The van der Waals surface area contributed by atoms with Gasteiger partial charge in [0.05, 0.1) is 11.0 Å². The monoisotopic (exact) mass is 269 g/mol. The molecule has 7 nitrogen and oxygen atoms in total. The highest BCUT2D eigenvalue weighted by Gasteiger charge is 2.28. The fraction of sp³-hybridized carbons (Fsp3) is 0.417. The molecule has 2 N–H and O–H groups in total. The smallest absolute Gasteiger partial charge is 0.338 e. The second-order valence-corrected chi connectivity index (χ2v) is 4.22. The molecule has 1 aromatic carbocycles. The van der Waals surface area contributed by atoms with Crippen molar-refractivity contribution in [2.75, 3.05) is 0 Å². The summed E-state index contributed by atoms with van der Waals surface area (Å²) in [5, 5.41) is 29.9. The van der Waals surface area contributed by atoms with Crippen LogP contribution in [0.5, 0.6) is 0 Å². The van der Waals surface area contributed by atoms with Gasteiger partial charge in [0.25, 0.3) is 5.69 Å². The van der Waals surface area contributed by atoms with Gasteiger partial charge < -0.3 is 14.9 Å². The van der Waals surface area contributed by atoms with Crippen LogP contribution in [0.2, 0.25) is 0 Å². The third kappa shape index (κ3) is 4.01. The molecule has 0 unspecified atom stereocenters. The second kappa shape index (κ2) is 6.26. The fourth-order valence-electron chi connectivity index (χ4n) is 1.41. The van der Waals surface area contributed by atoms with Crippen molar-refractivity contribution in [1.82, 2.24) is 0 Å². The van der Waals surface area contributed by atoms with E-state index in [0.717, 1.165) is 0 Å². The molecule has 0 bridgehead atoms. The van der Waals surface area contributed by atoms with Gasteiger partial charge in [0.1, 0.15) is 6.10 Å². The lowest BCUT2D eigenvalue weighted by Gasteiger charge is -2.18. The lowest BCUT2D eigenvalue weighted by Crippen LogP contribution is -2.31. The lowest BCUT2D eigenvalue weighted by molar-refractivity contribution is -0.384. The minimum Gasteiger partial charge on any atom is -0.461 e. The number of carbonyl (C=O) groups excluding carboxylic acids is 1. The summed E-state index contributed by atoms with van der Waals surface area (Å²) in [6, 6.07) is 4.90. The van der Waals surface area contributed by atoms with Gasteiger partial charge in [-0.15, -0.1) is 0 Å². The average Bonchev–Trinajstić information content (AvgIpc) is 2.36. The van der Waals surface area contributed by atoms with Gasteiger partial charge in [-0.25, -0.2) is 4.79 Å². The highest BCUT2D eigenvalue weighted by atomic mass is 16.6. The van der Waals surface area contributed by atoms with Crippen LogP contribution in [0.4, 0.5) is 5.69 Å². The van der Waals surface area contributed by atoms with Crippen molar-refractivity contribution in [3.63, 3.8) is 0 Å². The van der Waals surface area contributed by atoms with E-state index in [4.69, 9.17) is 4.74 Å². The summed E-state index contributed by atoms with van der Waals surface area (Å²) in [5.74, 6) is -0.944. The number of nitro benzene ring substituents is 1. The van der Waals surface area contributed by atoms with E-state index in [9.17, 15) is 25.1 Å². The highest BCUT2D eigenvalue weighted by Crippen LogP contribution is 2.21. The van der Waals surface area contributed by atoms with E-state index in [0.29, 0.717) is 0 Å². The average molecular weight is 269 g/mol. The molecule has 0 spiro atoms. The summed E-state index contributed by atoms with van der Waals surface area (Å²) in [6.07, 6.45) is -3.64. The van der Waals surface area contributed by atoms with E-state index in [2.05, 4.69) is 0 Å². The van der Waals surface area contributed by atoms with E-state index in [1.54, 1.807) is 13.8 Å². The quantitative estimate of drug-likeness (QED) is 0.467. The van der Waals surface area contributed by atoms with Gasteiger partial charge in [-0.2, -0.15) is 0 Å². The van der Waals surface area contributed by atoms with E-state index in [1.165, 1.54) is 24.3 Å². The standard InChI is InChI=1S/C12H15NO6/c1-7(2)19-12(16)11(15)10(14)8-3-5-9(6-4-8)13(17)18/h3-7,10-11,14-15H,1-2H3/t10-,11+/m0/s1. The lowest BCUT2D eigenvalue weighted by atomic mass is 10.0. The van der Waals surface area contributed by atoms with Crippen LogP contribution in [0.15, 0.2) is 24.3 Å². The Bertz CT molecular complexity index is 456. The van der Waals surface area contributed by atoms with Gasteiger partial charge in [0.15, 0.2) is 6.10 Å². The predicted octanol–water partition coefficient (Wildman–Crippen LogP) is 0.941. The first-order valence-corrected chi connectivity index (χ1v) is 5.64. The van der Waals surface area contributed by atoms with Crippen molar-refractivity contribution in [3.8, 4) is 0 Å². The number of nitrogens with zero attached hydrogens (tertiary/aromatic N) is 1. The Labute approximate surface area is 109 Å². The molecule has 7 heteroatoms. The molecule has 0 saturated heterocycles. The van der Waals surface area contributed by atoms with E-state index in [1.807, 2.05) is 0 Å². The molecule has 0 aromatic heterocycles. The third-order valence-corrected chi connectivity index (χ3v) is 2.34. The zero-order valence-electron chi connectivity index (χ0n) is 10.5. The molecular weight excluding hydrogens is 254 g/mol. The minimum atomic E-state index is -1.73. The van der Waals surface area contributed by atoms with E-state index in [-0.39, 0.29) is 11.3 Å². The Morgan fingerprint density at radius 3 is 2.21 bits per heavy atom. The third-order valence-electron chi connectivity index (χ3n) is 2.34. The molecule has 0 amide bonds. The molecule has 0 aliphatic rings. The van der Waals surface area contributed by atoms with Gasteiger partial charge in [0, 0.05) is 12.1 Å². The number of aliphatic hydroxyl groups is 2. The maximum absolute atomic E-state index is 11.4. The second-order valence-electron chi connectivity index (χ2n) is 4.22. The molecule has 104 valence electrons. The molecule has 1 aromatic rings. The Morgan fingerprint density at radius 2 is 1.79 bits per heavy atom. The van der Waals surface area contributed by atoms with Crippen molar-refractivity contribution in [2.24, 2.45) is 0 Å². The van der Waals surface area contributed by atoms with Crippen molar-refractivity contribution in [2.45, 2.75) is 32.2 Å². The zero-order chi connectivity index (χ0) is 14.6. The van der Waals surface area contributed by atoms with Crippen LogP contribution in [0.25, 0.3) is 0 Å². The van der Waals surface area contributed by atoms with E-state index < -0.39 is 29.2 Å². The molecule has 0 aliphatic carbocycles. The van der Waals surface area contributed by atoms with Gasteiger partial charge >= 0.3 is 5.97 Å². The summed E-state index contributed by atoms with van der Waals surface area (Å²) >= 11 is 0. The van der Waals surface area contributed by atoms with Crippen LogP contribution in [0, 0.1) is 10.1 Å². The summed E-state index contributed by atoms with van der Waals surface area (Å²) in [6.45, 7) is 3.23.